The quantitative estimate of drug-likeness (QED) is 0.288. The van der Waals surface area contributed by atoms with Crippen LogP contribution in [-0.2, 0) is 9.59 Å². The SMILES string of the molecule is NS/C(=N\CC(=O)O)C(=O)O. The van der Waals surface area contributed by atoms with E-state index >= 15 is 0 Å². The molecule has 0 rings (SSSR count). The Morgan fingerprint density at radius 1 is 1.45 bits per heavy atom. The molecule has 0 bridgehead atoms. The van der Waals surface area contributed by atoms with E-state index in [-0.39, 0.29) is 0 Å². The number of nitrogens with zero attached hydrogens (tertiary/aromatic N) is 1. The molecule has 0 unspecified atom stereocenters. The first-order valence-electron chi connectivity index (χ1n) is 2.44. The van der Waals surface area contributed by atoms with Crippen LogP contribution >= 0.6 is 11.9 Å². The molecule has 11 heavy (non-hydrogen) atoms. The Morgan fingerprint density at radius 3 is 2.27 bits per heavy atom. The topological polar surface area (TPSA) is 113 Å². The molecular weight excluding hydrogens is 172 g/mol. The van der Waals surface area contributed by atoms with Crippen molar-refractivity contribution in [2.75, 3.05) is 6.54 Å². The first kappa shape index (κ1) is 9.92. The van der Waals surface area contributed by atoms with E-state index in [9.17, 15) is 9.59 Å². The van der Waals surface area contributed by atoms with Gasteiger partial charge < -0.3 is 10.2 Å². The summed E-state index contributed by atoms with van der Waals surface area (Å²) in [6.45, 7) is -0.578. The first-order valence-corrected chi connectivity index (χ1v) is 3.32. The second-order valence-electron chi connectivity index (χ2n) is 1.44. The van der Waals surface area contributed by atoms with Crippen LogP contribution in [0.4, 0.5) is 0 Å². The second kappa shape index (κ2) is 4.69. The molecule has 62 valence electrons. The number of aliphatic carboxylic acids is 2. The Kier molecular flexibility index (Phi) is 4.23. The average molecular weight is 178 g/mol. The summed E-state index contributed by atoms with van der Waals surface area (Å²) < 4.78 is 0. The number of nitrogens with two attached hydrogens (primary N) is 1. The Bertz CT molecular complexity index is 202. The fraction of sp³-hybridized carbons (Fsp3) is 0.250. The molecule has 6 nitrogen and oxygen atoms in total. The molecule has 0 fully saturated rings. The number of carboxylic acid groups (broad SMARTS) is 2. The average Bonchev–Trinajstić information content (AvgIpc) is 1.87. The minimum atomic E-state index is -1.32. The van der Waals surface area contributed by atoms with Crippen molar-refractivity contribution in [2.45, 2.75) is 0 Å². The van der Waals surface area contributed by atoms with Crippen molar-refractivity contribution in [3.05, 3.63) is 0 Å². The van der Waals surface area contributed by atoms with Crippen LogP contribution in [0.15, 0.2) is 4.99 Å². The van der Waals surface area contributed by atoms with Crippen molar-refractivity contribution < 1.29 is 19.8 Å². The first-order chi connectivity index (χ1) is 5.07. The molecule has 0 aliphatic heterocycles. The smallest absolute Gasteiger partial charge is 0.362 e. The van der Waals surface area contributed by atoms with Gasteiger partial charge in [-0.15, -0.1) is 0 Å². The number of hydrogen-bond acceptors (Lipinski definition) is 5. The van der Waals surface area contributed by atoms with Crippen LogP contribution in [0.5, 0.6) is 0 Å². The molecule has 0 aromatic heterocycles. The summed E-state index contributed by atoms with van der Waals surface area (Å²) in [7, 11) is 0. The summed E-state index contributed by atoms with van der Waals surface area (Å²) >= 11 is 0.407. The number of aliphatic imine (C=N–C) groups is 1. The summed E-state index contributed by atoms with van der Waals surface area (Å²) in [6.07, 6.45) is 0. The van der Waals surface area contributed by atoms with Gasteiger partial charge in [-0.2, -0.15) is 0 Å². The molecule has 0 atom stereocenters. The largest absolute Gasteiger partial charge is 0.480 e. The Morgan fingerprint density at radius 2 is 2.00 bits per heavy atom. The lowest BCUT2D eigenvalue weighted by Gasteiger charge is -1.92. The van der Waals surface area contributed by atoms with Crippen molar-refractivity contribution in [1.29, 1.82) is 0 Å². The molecule has 0 aliphatic rings. The van der Waals surface area contributed by atoms with E-state index in [1.54, 1.807) is 0 Å². The Hall–Kier alpha value is -1.08. The van der Waals surface area contributed by atoms with Gasteiger partial charge in [-0.1, -0.05) is 0 Å². The zero-order valence-electron chi connectivity index (χ0n) is 5.35. The maximum absolute atomic E-state index is 10.1. The molecule has 0 saturated carbocycles. The lowest BCUT2D eigenvalue weighted by molar-refractivity contribution is -0.135. The van der Waals surface area contributed by atoms with Gasteiger partial charge in [0.2, 0.25) is 0 Å². The summed E-state index contributed by atoms with van der Waals surface area (Å²) in [5, 5.41) is 20.8. The van der Waals surface area contributed by atoms with Crippen LogP contribution in [0.2, 0.25) is 0 Å². The number of rotatable bonds is 2. The lowest BCUT2D eigenvalue weighted by Crippen LogP contribution is -2.13. The molecule has 0 aromatic rings. The highest BCUT2D eigenvalue weighted by Gasteiger charge is 2.07. The van der Waals surface area contributed by atoms with Crippen molar-refractivity contribution in [3.8, 4) is 0 Å². The highest BCUT2D eigenvalue weighted by Crippen LogP contribution is 1.93. The summed E-state index contributed by atoms with van der Waals surface area (Å²) in [5.41, 5.74) is 0. The van der Waals surface area contributed by atoms with Crippen molar-refractivity contribution in [3.63, 3.8) is 0 Å². The maximum atomic E-state index is 10.1. The number of carboxylic acids is 2. The Labute approximate surface area is 66.2 Å². The third-order valence-electron chi connectivity index (χ3n) is 0.653. The number of carbonyl (C=O) groups is 2. The predicted octanol–water partition coefficient (Wildman–Crippen LogP) is -0.839. The fourth-order valence-corrected chi connectivity index (χ4v) is 0.535. The van der Waals surface area contributed by atoms with Gasteiger partial charge in [0.05, 0.1) is 0 Å². The molecule has 0 radical (unpaired) electrons. The third kappa shape index (κ3) is 4.34. The van der Waals surface area contributed by atoms with Crippen LogP contribution in [0.3, 0.4) is 0 Å². The van der Waals surface area contributed by atoms with Crippen LogP contribution < -0.4 is 5.14 Å². The standard InChI is InChI=1S/C4H6N2O4S/c5-11-3(4(9)10)6-1-2(7)8/h1,5H2,(H,7,8)(H,9,10)/b6-3-. The highest BCUT2D eigenvalue weighted by molar-refractivity contribution is 8.13. The normalized spacial score (nSPS) is 11.2. The van der Waals surface area contributed by atoms with E-state index in [0.717, 1.165) is 0 Å². The molecule has 0 aromatic carbocycles. The molecular formula is C4H6N2O4S. The van der Waals surface area contributed by atoms with Gasteiger partial charge in [-0.3, -0.25) is 14.9 Å². The Balaban J connectivity index is 4.13. The molecule has 0 heterocycles. The van der Waals surface area contributed by atoms with Crippen molar-refractivity contribution in [2.24, 2.45) is 10.1 Å². The van der Waals surface area contributed by atoms with Crippen LogP contribution in [-0.4, -0.2) is 33.7 Å². The van der Waals surface area contributed by atoms with Crippen LogP contribution in [0, 0.1) is 0 Å². The van der Waals surface area contributed by atoms with Gasteiger partial charge in [0.25, 0.3) is 0 Å². The summed E-state index contributed by atoms with van der Waals surface area (Å²) in [6, 6.07) is 0. The van der Waals surface area contributed by atoms with Gasteiger partial charge in [0, 0.05) is 0 Å². The number of hydrogen-bond donors (Lipinski definition) is 3. The fourth-order valence-electron chi connectivity index (χ4n) is 0.295. The van der Waals surface area contributed by atoms with E-state index in [1.807, 2.05) is 0 Å². The van der Waals surface area contributed by atoms with Gasteiger partial charge in [-0.05, 0) is 11.9 Å². The van der Waals surface area contributed by atoms with Crippen molar-refractivity contribution >= 4 is 28.9 Å². The van der Waals surface area contributed by atoms with Crippen molar-refractivity contribution in [1.82, 2.24) is 0 Å². The summed E-state index contributed by atoms with van der Waals surface area (Å²) in [5.74, 6) is -2.52. The van der Waals surface area contributed by atoms with E-state index < -0.39 is 23.5 Å². The molecule has 4 N–H and O–H groups in total. The van der Waals surface area contributed by atoms with E-state index in [1.165, 1.54) is 0 Å². The van der Waals surface area contributed by atoms with E-state index in [4.69, 9.17) is 15.4 Å². The molecule has 0 amide bonds. The maximum Gasteiger partial charge on any atom is 0.362 e. The van der Waals surface area contributed by atoms with E-state index in [2.05, 4.69) is 4.99 Å². The minimum absolute atomic E-state index is 0.407. The molecule has 0 aliphatic carbocycles. The van der Waals surface area contributed by atoms with Gasteiger partial charge in [-0.25, -0.2) is 4.79 Å². The van der Waals surface area contributed by atoms with Gasteiger partial charge in [0.15, 0.2) is 5.04 Å². The zero-order chi connectivity index (χ0) is 8.85. The molecule has 7 heteroatoms. The molecule has 0 spiro atoms. The minimum Gasteiger partial charge on any atom is -0.480 e. The molecule has 0 saturated heterocycles. The van der Waals surface area contributed by atoms with Gasteiger partial charge in [0.1, 0.15) is 6.54 Å². The predicted molar refractivity (Wildman–Crippen MR) is 39.4 cm³/mol. The highest BCUT2D eigenvalue weighted by atomic mass is 32.2. The third-order valence-corrected chi connectivity index (χ3v) is 1.18. The monoisotopic (exact) mass is 178 g/mol. The van der Waals surface area contributed by atoms with Crippen LogP contribution in [0.25, 0.3) is 0 Å². The van der Waals surface area contributed by atoms with E-state index in [0.29, 0.717) is 11.9 Å². The summed E-state index contributed by atoms with van der Waals surface area (Å²) in [4.78, 5) is 23.2. The lowest BCUT2D eigenvalue weighted by atomic mass is 10.6. The zero-order valence-corrected chi connectivity index (χ0v) is 6.17. The van der Waals surface area contributed by atoms with Crippen LogP contribution in [0.1, 0.15) is 0 Å². The second-order valence-corrected chi connectivity index (χ2v) is 2.06. The van der Waals surface area contributed by atoms with Gasteiger partial charge >= 0.3 is 11.9 Å².